The fourth-order valence-electron chi connectivity index (χ4n) is 3.36. The van der Waals surface area contributed by atoms with E-state index in [1.54, 1.807) is 13.1 Å². The van der Waals surface area contributed by atoms with Gasteiger partial charge in [0.1, 0.15) is 4.21 Å². The number of hydrogen-bond acceptors (Lipinski definition) is 5. The number of aliphatic imine (C=N–C) groups is 1. The highest BCUT2D eigenvalue weighted by molar-refractivity contribution is 7.91. The zero-order chi connectivity index (χ0) is 20.0. The maximum absolute atomic E-state index is 11.4. The normalized spacial score (nSPS) is 18.4. The van der Waals surface area contributed by atoms with Crippen LogP contribution in [0.25, 0.3) is 0 Å². The number of thiophene rings is 1. The molecule has 1 aliphatic heterocycles. The zero-order valence-electron chi connectivity index (χ0n) is 16.0. The summed E-state index contributed by atoms with van der Waals surface area (Å²) in [7, 11) is -1.91. The molecule has 2 aromatic rings. The van der Waals surface area contributed by atoms with E-state index in [4.69, 9.17) is 5.14 Å². The molecule has 0 radical (unpaired) electrons. The van der Waals surface area contributed by atoms with E-state index in [0.29, 0.717) is 18.5 Å². The molecule has 1 saturated heterocycles. The first-order valence-electron chi connectivity index (χ1n) is 9.29. The lowest BCUT2D eigenvalue weighted by Crippen LogP contribution is -2.44. The van der Waals surface area contributed by atoms with Crippen molar-refractivity contribution in [2.45, 2.75) is 36.2 Å². The van der Waals surface area contributed by atoms with E-state index < -0.39 is 10.0 Å². The number of hydrogen-bond donors (Lipinski definition) is 3. The van der Waals surface area contributed by atoms with E-state index in [9.17, 15) is 8.42 Å². The molecule has 0 saturated carbocycles. The third-order valence-electron chi connectivity index (χ3n) is 4.80. The topological polar surface area (TPSA) is 99.8 Å². The Bertz CT molecular complexity index is 896. The molecular weight excluding hydrogens is 394 g/mol. The second kappa shape index (κ2) is 9.51. The molecule has 2 heterocycles. The zero-order valence-corrected chi connectivity index (χ0v) is 17.6. The predicted octanol–water partition coefficient (Wildman–Crippen LogP) is 1.73. The molecule has 4 N–H and O–H groups in total. The van der Waals surface area contributed by atoms with Gasteiger partial charge in [0, 0.05) is 31.1 Å². The van der Waals surface area contributed by atoms with E-state index in [0.717, 1.165) is 24.5 Å². The highest BCUT2D eigenvalue weighted by Crippen LogP contribution is 2.20. The van der Waals surface area contributed by atoms with E-state index in [2.05, 4.69) is 44.8 Å². The minimum absolute atomic E-state index is 0.176. The van der Waals surface area contributed by atoms with Gasteiger partial charge in [-0.15, -0.1) is 11.3 Å². The third kappa shape index (κ3) is 5.78. The van der Waals surface area contributed by atoms with Gasteiger partial charge in [-0.25, -0.2) is 13.6 Å². The molecule has 28 heavy (non-hydrogen) atoms. The number of primary sulfonamides is 1. The number of nitrogens with zero attached hydrogens (tertiary/aromatic N) is 2. The Labute approximate surface area is 170 Å². The Morgan fingerprint density at radius 3 is 2.71 bits per heavy atom. The van der Waals surface area contributed by atoms with Gasteiger partial charge in [0.25, 0.3) is 0 Å². The average Bonchev–Trinajstić information content (AvgIpc) is 3.32. The first-order chi connectivity index (χ1) is 13.5. The Kier molecular flexibility index (Phi) is 7.06. The molecule has 0 amide bonds. The second-order valence-corrected chi connectivity index (χ2v) is 9.78. The lowest BCUT2D eigenvalue weighted by atomic mass is 10.2. The summed E-state index contributed by atoms with van der Waals surface area (Å²) < 4.78 is 22.9. The van der Waals surface area contributed by atoms with Crippen molar-refractivity contribution >= 4 is 27.3 Å². The maximum atomic E-state index is 11.4. The third-order valence-corrected chi connectivity index (χ3v) is 7.33. The van der Waals surface area contributed by atoms with Crippen molar-refractivity contribution in [3.63, 3.8) is 0 Å². The molecule has 0 bridgehead atoms. The van der Waals surface area contributed by atoms with Crippen molar-refractivity contribution in [3.8, 4) is 0 Å². The van der Waals surface area contributed by atoms with Crippen molar-refractivity contribution < 1.29 is 8.42 Å². The summed E-state index contributed by atoms with van der Waals surface area (Å²) in [4.78, 5) is 7.66. The molecule has 1 unspecified atom stereocenters. The van der Waals surface area contributed by atoms with Gasteiger partial charge in [0.05, 0.1) is 6.54 Å². The van der Waals surface area contributed by atoms with Gasteiger partial charge >= 0.3 is 0 Å². The number of benzene rings is 1. The fourth-order valence-corrected chi connectivity index (χ4v) is 5.08. The van der Waals surface area contributed by atoms with Crippen LogP contribution in [-0.4, -0.2) is 45.5 Å². The van der Waals surface area contributed by atoms with Gasteiger partial charge < -0.3 is 10.6 Å². The lowest BCUT2D eigenvalue weighted by Gasteiger charge is -2.25. The van der Waals surface area contributed by atoms with E-state index in [1.165, 1.54) is 35.8 Å². The van der Waals surface area contributed by atoms with Crippen molar-refractivity contribution in [1.29, 1.82) is 0 Å². The smallest absolute Gasteiger partial charge is 0.247 e. The predicted molar refractivity (Wildman–Crippen MR) is 114 cm³/mol. The molecule has 1 atom stereocenters. The second-order valence-electron chi connectivity index (χ2n) is 6.82. The summed E-state index contributed by atoms with van der Waals surface area (Å²) in [6.45, 7) is 3.39. The van der Waals surface area contributed by atoms with Crippen molar-refractivity contribution in [2.24, 2.45) is 10.1 Å². The summed E-state index contributed by atoms with van der Waals surface area (Å²) >= 11 is 1.17. The molecule has 1 aromatic carbocycles. The van der Waals surface area contributed by atoms with Crippen LogP contribution in [-0.2, 0) is 23.1 Å². The van der Waals surface area contributed by atoms with Crippen molar-refractivity contribution in [1.82, 2.24) is 15.5 Å². The Morgan fingerprint density at radius 2 is 2.04 bits per heavy atom. The Morgan fingerprint density at radius 1 is 1.25 bits per heavy atom. The van der Waals surface area contributed by atoms with E-state index in [-0.39, 0.29) is 4.21 Å². The minimum Gasteiger partial charge on any atom is -0.355 e. The lowest BCUT2D eigenvalue weighted by molar-refractivity contribution is 0.245. The number of rotatable bonds is 7. The van der Waals surface area contributed by atoms with E-state index in [1.807, 2.05) is 6.07 Å². The molecule has 1 aromatic heterocycles. The summed E-state index contributed by atoms with van der Waals surface area (Å²) in [6.07, 6.45) is 2.37. The summed E-state index contributed by atoms with van der Waals surface area (Å²) in [5, 5.41) is 11.8. The van der Waals surface area contributed by atoms with Gasteiger partial charge in [-0.05, 0) is 37.1 Å². The van der Waals surface area contributed by atoms with Crippen LogP contribution in [0.5, 0.6) is 0 Å². The summed E-state index contributed by atoms with van der Waals surface area (Å²) in [5.41, 5.74) is 1.33. The van der Waals surface area contributed by atoms with E-state index >= 15 is 0 Å². The number of sulfonamides is 1. The van der Waals surface area contributed by atoms with Crippen LogP contribution in [0.4, 0.5) is 0 Å². The van der Waals surface area contributed by atoms with Crippen LogP contribution in [0.2, 0.25) is 0 Å². The summed E-state index contributed by atoms with van der Waals surface area (Å²) in [6, 6.07) is 14.3. The quantitative estimate of drug-likeness (QED) is 0.467. The molecule has 1 aliphatic rings. The highest BCUT2D eigenvalue weighted by atomic mass is 32.2. The van der Waals surface area contributed by atoms with Crippen LogP contribution in [0.1, 0.15) is 23.3 Å². The maximum Gasteiger partial charge on any atom is 0.247 e. The summed E-state index contributed by atoms with van der Waals surface area (Å²) in [5.74, 6) is 0.706. The molecule has 9 heteroatoms. The Balaban J connectivity index is 1.49. The van der Waals surface area contributed by atoms with Crippen molar-refractivity contribution in [2.75, 3.05) is 20.1 Å². The molecule has 7 nitrogen and oxygen atoms in total. The number of guanidine groups is 1. The van der Waals surface area contributed by atoms with Gasteiger partial charge in [-0.2, -0.15) is 0 Å². The van der Waals surface area contributed by atoms with Crippen LogP contribution in [0, 0.1) is 0 Å². The van der Waals surface area contributed by atoms with Crippen LogP contribution < -0.4 is 15.8 Å². The Hall–Kier alpha value is -1.94. The number of nitrogens with two attached hydrogens (primary N) is 1. The largest absolute Gasteiger partial charge is 0.355 e. The van der Waals surface area contributed by atoms with Crippen LogP contribution in [0.3, 0.4) is 0 Å². The highest BCUT2D eigenvalue weighted by Gasteiger charge is 2.24. The van der Waals surface area contributed by atoms with Gasteiger partial charge in [0.2, 0.25) is 10.0 Å². The molecule has 3 rings (SSSR count). The molecule has 0 aliphatic carbocycles. The number of nitrogens with one attached hydrogen (secondary N) is 2. The van der Waals surface area contributed by atoms with Gasteiger partial charge in [0.15, 0.2) is 5.96 Å². The molecule has 152 valence electrons. The van der Waals surface area contributed by atoms with Crippen molar-refractivity contribution in [3.05, 3.63) is 52.9 Å². The monoisotopic (exact) mass is 421 g/mol. The first-order valence-corrected chi connectivity index (χ1v) is 11.7. The first kappa shape index (κ1) is 20.8. The van der Waals surface area contributed by atoms with Crippen LogP contribution >= 0.6 is 11.3 Å². The molecular formula is C19H27N5O2S2. The van der Waals surface area contributed by atoms with Gasteiger partial charge in [-0.3, -0.25) is 9.89 Å². The van der Waals surface area contributed by atoms with Gasteiger partial charge in [-0.1, -0.05) is 30.3 Å². The molecule has 1 fully saturated rings. The SMILES string of the molecule is CN=C(NCc1ccc(S(N)(=O)=O)s1)NCC1CCCN1Cc1ccccc1. The molecule has 0 spiro atoms. The number of likely N-dealkylation sites (tertiary alicyclic amines) is 1. The average molecular weight is 422 g/mol. The standard InChI is InChI=1S/C19H27N5O2S2/c1-21-19(23-13-17-9-10-18(27-17)28(20,25)26)22-12-16-8-5-11-24(16)14-15-6-3-2-4-7-15/h2-4,6-7,9-10,16H,5,8,11-14H2,1H3,(H2,20,25,26)(H2,21,22,23). The van der Waals surface area contributed by atoms with Crippen LogP contribution in [0.15, 0.2) is 51.7 Å². The fraction of sp³-hybridized carbons (Fsp3) is 0.421. The minimum atomic E-state index is -3.64.